The number of primary amides is 2. The Hall–Kier alpha value is -2.37. The molecule has 1 aromatic rings. The Labute approximate surface area is 129 Å². The van der Waals surface area contributed by atoms with Crippen molar-refractivity contribution < 1.29 is 14.4 Å². The third-order valence-electron chi connectivity index (χ3n) is 4.12. The third kappa shape index (κ3) is 3.84. The summed E-state index contributed by atoms with van der Waals surface area (Å²) < 4.78 is 0. The maximum absolute atomic E-state index is 12.3. The number of nitrogens with two attached hydrogens (primary N) is 2. The molecule has 1 aliphatic rings. The van der Waals surface area contributed by atoms with E-state index in [1.165, 1.54) is 18.2 Å². The first kappa shape index (κ1) is 16.0. The molecule has 0 radical (unpaired) electrons. The van der Waals surface area contributed by atoms with Gasteiger partial charge in [0.05, 0.1) is 0 Å². The first-order chi connectivity index (χ1) is 10.4. The van der Waals surface area contributed by atoms with Crippen molar-refractivity contribution in [3.05, 3.63) is 34.9 Å². The van der Waals surface area contributed by atoms with Crippen LogP contribution in [-0.2, 0) is 0 Å². The summed E-state index contributed by atoms with van der Waals surface area (Å²) in [4.78, 5) is 35.0. The van der Waals surface area contributed by atoms with Gasteiger partial charge in [-0.15, -0.1) is 0 Å². The zero-order valence-corrected chi connectivity index (χ0v) is 12.6. The van der Waals surface area contributed by atoms with Crippen molar-refractivity contribution in [3.63, 3.8) is 0 Å². The zero-order chi connectivity index (χ0) is 16.3. The van der Waals surface area contributed by atoms with E-state index in [0.29, 0.717) is 5.92 Å². The van der Waals surface area contributed by atoms with E-state index >= 15 is 0 Å². The highest BCUT2D eigenvalue weighted by Crippen LogP contribution is 2.23. The van der Waals surface area contributed by atoms with Crippen LogP contribution in [0.25, 0.3) is 0 Å². The van der Waals surface area contributed by atoms with Crippen molar-refractivity contribution in [3.8, 4) is 0 Å². The largest absolute Gasteiger partial charge is 0.366 e. The zero-order valence-electron chi connectivity index (χ0n) is 12.6. The average molecular weight is 303 g/mol. The molecule has 2 rings (SSSR count). The van der Waals surface area contributed by atoms with Gasteiger partial charge in [-0.3, -0.25) is 14.4 Å². The Kier molecular flexibility index (Phi) is 4.80. The number of hydrogen-bond donors (Lipinski definition) is 3. The highest BCUT2D eigenvalue weighted by atomic mass is 16.2. The molecule has 0 atom stereocenters. The van der Waals surface area contributed by atoms with Crippen LogP contribution in [0.3, 0.4) is 0 Å². The van der Waals surface area contributed by atoms with E-state index in [4.69, 9.17) is 11.5 Å². The Morgan fingerprint density at radius 2 is 1.36 bits per heavy atom. The van der Waals surface area contributed by atoms with Crippen molar-refractivity contribution in [1.82, 2.24) is 5.32 Å². The number of carbonyl (C=O) groups excluding carboxylic acids is 3. The monoisotopic (exact) mass is 303 g/mol. The number of hydrogen-bond acceptors (Lipinski definition) is 3. The van der Waals surface area contributed by atoms with Gasteiger partial charge in [-0.05, 0) is 49.8 Å². The second-order valence-corrected chi connectivity index (χ2v) is 5.96. The number of nitrogens with one attached hydrogen (secondary N) is 1. The SMILES string of the molecule is CC1CCC(NC(=O)c2cc(C(N)=O)cc(C(N)=O)c2)CC1. The Bertz CT molecular complexity index is 572. The summed E-state index contributed by atoms with van der Waals surface area (Å²) in [6.07, 6.45) is 4.04. The summed E-state index contributed by atoms with van der Waals surface area (Å²) in [7, 11) is 0. The molecule has 1 fully saturated rings. The molecule has 118 valence electrons. The number of benzene rings is 1. The average Bonchev–Trinajstić information content (AvgIpc) is 2.49. The molecule has 0 aliphatic heterocycles. The molecule has 3 amide bonds. The lowest BCUT2D eigenvalue weighted by atomic mass is 9.87. The minimum absolute atomic E-state index is 0.0960. The molecule has 1 saturated carbocycles. The molecule has 22 heavy (non-hydrogen) atoms. The van der Waals surface area contributed by atoms with Crippen LogP contribution in [0.2, 0.25) is 0 Å². The van der Waals surface area contributed by atoms with Gasteiger partial charge in [0.25, 0.3) is 5.91 Å². The minimum atomic E-state index is -0.705. The van der Waals surface area contributed by atoms with Crippen LogP contribution in [0.5, 0.6) is 0 Å². The molecule has 0 spiro atoms. The highest BCUT2D eigenvalue weighted by Gasteiger charge is 2.21. The molecule has 0 unspecified atom stereocenters. The normalized spacial score (nSPS) is 21.1. The Morgan fingerprint density at radius 3 is 1.82 bits per heavy atom. The lowest BCUT2D eigenvalue weighted by Crippen LogP contribution is -2.37. The second kappa shape index (κ2) is 6.60. The van der Waals surface area contributed by atoms with Gasteiger partial charge in [-0.2, -0.15) is 0 Å². The number of amides is 3. The molecule has 0 heterocycles. The number of carbonyl (C=O) groups is 3. The summed E-state index contributed by atoms with van der Waals surface area (Å²) >= 11 is 0. The van der Waals surface area contributed by atoms with Crippen LogP contribution in [-0.4, -0.2) is 23.8 Å². The maximum Gasteiger partial charge on any atom is 0.251 e. The van der Waals surface area contributed by atoms with Crippen LogP contribution in [0.1, 0.15) is 63.7 Å². The van der Waals surface area contributed by atoms with E-state index in [-0.39, 0.29) is 28.6 Å². The molecule has 6 nitrogen and oxygen atoms in total. The predicted molar refractivity (Wildman–Crippen MR) is 82.4 cm³/mol. The van der Waals surface area contributed by atoms with Gasteiger partial charge in [-0.1, -0.05) is 6.92 Å². The lowest BCUT2D eigenvalue weighted by Gasteiger charge is -2.27. The van der Waals surface area contributed by atoms with Gasteiger partial charge >= 0.3 is 0 Å². The standard InChI is InChI=1S/C16H21N3O3/c1-9-2-4-13(5-3-9)19-16(22)12-7-10(14(17)20)6-11(8-12)15(18)21/h6-9,13H,2-5H2,1H3,(H2,17,20)(H2,18,21)(H,19,22). The Balaban J connectivity index is 2.18. The lowest BCUT2D eigenvalue weighted by molar-refractivity contribution is 0.0923. The summed E-state index contributed by atoms with van der Waals surface area (Å²) in [6.45, 7) is 2.20. The third-order valence-corrected chi connectivity index (χ3v) is 4.12. The van der Waals surface area contributed by atoms with E-state index in [1.807, 2.05) is 0 Å². The van der Waals surface area contributed by atoms with Crippen LogP contribution < -0.4 is 16.8 Å². The summed E-state index contributed by atoms with van der Waals surface area (Å²) in [5.41, 5.74) is 10.9. The van der Waals surface area contributed by atoms with E-state index < -0.39 is 11.8 Å². The van der Waals surface area contributed by atoms with E-state index in [1.54, 1.807) is 0 Å². The second-order valence-electron chi connectivity index (χ2n) is 5.96. The fourth-order valence-corrected chi connectivity index (χ4v) is 2.72. The topological polar surface area (TPSA) is 115 Å². The van der Waals surface area contributed by atoms with E-state index in [9.17, 15) is 14.4 Å². The minimum Gasteiger partial charge on any atom is -0.366 e. The van der Waals surface area contributed by atoms with Gasteiger partial charge < -0.3 is 16.8 Å². The summed E-state index contributed by atoms with van der Waals surface area (Å²) in [6, 6.07) is 4.19. The Morgan fingerprint density at radius 1 is 0.909 bits per heavy atom. The molecular formula is C16H21N3O3. The molecule has 0 saturated heterocycles. The molecule has 0 bridgehead atoms. The van der Waals surface area contributed by atoms with Gasteiger partial charge in [0.2, 0.25) is 11.8 Å². The molecular weight excluding hydrogens is 282 g/mol. The summed E-state index contributed by atoms with van der Waals surface area (Å²) in [5, 5.41) is 2.94. The predicted octanol–water partition coefficient (Wildman–Crippen LogP) is 1.19. The fourth-order valence-electron chi connectivity index (χ4n) is 2.72. The summed E-state index contributed by atoms with van der Waals surface area (Å²) in [5.74, 6) is -1.04. The van der Waals surface area contributed by atoms with Crippen molar-refractivity contribution in [1.29, 1.82) is 0 Å². The van der Waals surface area contributed by atoms with Crippen LogP contribution in [0.15, 0.2) is 18.2 Å². The van der Waals surface area contributed by atoms with Crippen LogP contribution >= 0.6 is 0 Å². The quantitative estimate of drug-likeness (QED) is 0.776. The first-order valence-electron chi connectivity index (χ1n) is 7.42. The first-order valence-corrected chi connectivity index (χ1v) is 7.42. The highest BCUT2D eigenvalue weighted by molar-refractivity contribution is 6.03. The van der Waals surface area contributed by atoms with Crippen LogP contribution in [0, 0.1) is 5.92 Å². The molecule has 5 N–H and O–H groups in total. The molecule has 6 heteroatoms. The smallest absolute Gasteiger partial charge is 0.251 e. The van der Waals surface area contributed by atoms with Crippen molar-refractivity contribution >= 4 is 17.7 Å². The fraction of sp³-hybridized carbons (Fsp3) is 0.438. The van der Waals surface area contributed by atoms with Gasteiger partial charge in [0.1, 0.15) is 0 Å². The van der Waals surface area contributed by atoms with Gasteiger partial charge in [0.15, 0.2) is 0 Å². The van der Waals surface area contributed by atoms with Crippen LogP contribution in [0.4, 0.5) is 0 Å². The van der Waals surface area contributed by atoms with Crippen molar-refractivity contribution in [2.45, 2.75) is 38.6 Å². The molecule has 0 aromatic heterocycles. The van der Waals surface area contributed by atoms with Crippen molar-refractivity contribution in [2.24, 2.45) is 17.4 Å². The maximum atomic E-state index is 12.3. The van der Waals surface area contributed by atoms with Gasteiger partial charge in [0, 0.05) is 22.7 Å². The van der Waals surface area contributed by atoms with Crippen molar-refractivity contribution in [2.75, 3.05) is 0 Å². The molecule has 1 aromatic carbocycles. The number of rotatable bonds is 4. The van der Waals surface area contributed by atoms with E-state index in [0.717, 1.165) is 25.7 Å². The van der Waals surface area contributed by atoms with E-state index in [2.05, 4.69) is 12.2 Å². The van der Waals surface area contributed by atoms with Gasteiger partial charge in [-0.25, -0.2) is 0 Å². The molecule has 1 aliphatic carbocycles.